The molecule has 0 unspecified atom stereocenters. The van der Waals surface area contributed by atoms with E-state index < -0.39 is 29.1 Å². The molecule has 1 heterocycles. The van der Waals surface area contributed by atoms with Crippen molar-refractivity contribution in [1.29, 1.82) is 0 Å². The maximum Gasteiger partial charge on any atom is 0.345 e. The molecule has 11 nitrogen and oxygen atoms in total. The average molecular weight is 460 g/mol. The predicted molar refractivity (Wildman–Crippen MR) is 115 cm³/mol. The summed E-state index contributed by atoms with van der Waals surface area (Å²) < 4.78 is 25.9. The lowest BCUT2D eigenvalue weighted by Gasteiger charge is -2.29. The van der Waals surface area contributed by atoms with Gasteiger partial charge < -0.3 is 28.6 Å². The van der Waals surface area contributed by atoms with E-state index in [0.29, 0.717) is 31.0 Å². The number of rotatable bonds is 8. The largest absolute Gasteiger partial charge is 0.493 e. The van der Waals surface area contributed by atoms with Crippen molar-refractivity contribution in [1.82, 2.24) is 4.90 Å². The lowest BCUT2D eigenvalue weighted by atomic mass is 9.99. The molecule has 0 bridgehead atoms. The van der Waals surface area contributed by atoms with E-state index in [0.717, 1.165) is 23.3 Å². The number of nitro groups is 1. The Morgan fingerprint density at radius 1 is 0.909 bits per heavy atom. The van der Waals surface area contributed by atoms with Crippen molar-refractivity contribution in [2.75, 3.05) is 41.6 Å². The van der Waals surface area contributed by atoms with Gasteiger partial charge >= 0.3 is 5.97 Å². The molecule has 0 saturated heterocycles. The summed E-state index contributed by atoms with van der Waals surface area (Å²) in [6.07, 6.45) is 0.594. The van der Waals surface area contributed by atoms with Gasteiger partial charge in [-0.05, 0) is 29.7 Å². The molecule has 1 aliphatic rings. The molecule has 11 heteroatoms. The first-order valence-corrected chi connectivity index (χ1v) is 9.92. The second-order valence-corrected chi connectivity index (χ2v) is 7.10. The molecule has 176 valence electrons. The summed E-state index contributed by atoms with van der Waals surface area (Å²) in [6, 6.07) is 5.92. The summed E-state index contributed by atoms with van der Waals surface area (Å²) in [7, 11) is 5.74. The molecule has 0 fully saturated rings. The lowest BCUT2D eigenvalue weighted by molar-refractivity contribution is -0.385. The first kappa shape index (κ1) is 23.6. The number of methoxy groups -OCH3 is 4. The van der Waals surface area contributed by atoms with Crippen LogP contribution in [0.4, 0.5) is 5.69 Å². The van der Waals surface area contributed by atoms with Crippen LogP contribution in [-0.2, 0) is 22.5 Å². The number of nitrogens with zero attached hydrogens (tertiary/aromatic N) is 2. The number of fused-ring (bicyclic) bond motifs is 1. The Labute approximate surface area is 189 Å². The maximum absolute atomic E-state index is 12.7. The van der Waals surface area contributed by atoms with Gasteiger partial charge in [0.25, 0.3) is 11.6 Å². The summed E-state index contributed by atoms with van der Waals surface area (Å²) in [5.74, 6) is -0.0554. The zero-order valence-electron chi connectivity index (χ0n) is 18.7. The van der Waals surface area contributed by atoms with Crippen molar-refractivity contribution >= 4 is 17.6 Å². The molecular formula is C22H24N2O9. The number of esters is 1. The van der Waals surface area contributed by atoms with Gasteiger partial charge in [-0.1, -0.05) is 0 Å². The van der Waals surface area contributed by atoms with Gasteiger partial charge in [-0.15, -0.1) is 0 Å². The van der Waals surface area contributed by atoms with Crippen LogP contribution in [0.5, 0.6) is 23.0 Å². The number of amides is 1. The highest BCUT2D eigenvalue weighted by atomic mass is 16.6. The first-order valence-electron chi connectivity index (χ1n) is 9.92. The molecule has 0 radical (unpaired) electrons. The molecule has 1 amide bonds. The van der Waals surface area contributed by atoms with Gasteiger partial charge in [-0.25, -0.2) is 4.79 Å². The highest BCUT2D eigenvalue weighted by Gasteiger charge is 2.28. The predicted octanol–water partition coefficient (Wildman–Crippen LogP) is 2.37. The van der Waals surface area contributed by atoms with Crippen molar-refractivity contribution in [3.05, 3.63) is 51.1 Å². The van der Waals surface area contributed by atoms with Gasteiger partial charge in [0.15, 0.2) is 29.6 Å². The van der Waals surface area contributed by atoms with Crippen LogP contribution in [0.15, 0.2) is 24.3 Å². The second kappa shape index (κ2) is 10.1. The van der Waals surface area contributed by atoms with Crippen LogP contribution >= 0.6 is 0 Å². The summed E-state index contributed by atoms with van der Waals surface area (Å²) in [5.41, 5.74) is 1.08. The SMILES string of the molecule is COc1cc2c(cc1OC)CN(C(=O)COC(=O)c1cc(OC)c(OC)cc1[N+](=O)[O-])CC2. The minimum atomic E-state index is -1.01. The standard InChI is InChI=1S/C22H24N2O9/c1-29-17-7-13-5-6-23(11-14(13)8-18(17)30-2)21(25)12-33-22(26)15-9-19(31-3)20(32-4)10-16(15)24(27)28/h7-10H,5-6,11-12H2,1-4H3. The van der Waals surface area contributed by atoms with Gasteiger partial charge in [0.2, 0.25) is 0 Å². The van der Waals surface area contributed by atoms with Crippen LogP contribution in [0.2, 0.25) is 0 Å². The maximum atomic E-state index is 12.7. The molecule has 0 saturated carbocycles. The smallest absolute Gasteiger partial charge is 0.345 e. The molecule has 33 heavy (non-hydrogen) atoms. The molecular weight excluding hydrogens is 436 g/mol. The van der Waals surface area contributed by atoms with Crippen molar-refractivity contribution in [2.24, 2.45) is 0 Å². The Bertz CT molecular complexity index is 1080. The van der Waals surface area contributed by atoms with Crippen LogP contribution in [0.1, 0.15) is 21.5 Å². The monoisotopic (exact) mass is 460 g/mol. The number of ether oxygens (including phenoxy) is 5. The molecule has 0 atom stereocenters. The third-order valence-electron chi connectivity index (χ3n) is 5.32. The van der Waals surface area contributed by atoms with Crippen molar-refractivity contribution in [3.63, 3.8) is 0 Å². The Balaban J connectivity index is 1.72. The van der Waals surface area contributed by atoms with Crippen LogP contribution in [0.25, 0.3) is 0 Å². The fourth-order valence-electron chi connectivity index (χ4n) is 3.58. The number of carbonyl (C=O) groups is 2. The third kappa shape index (κ3) is 4.92. The van der Waals surface area contributed by atoms with Crippen molar-refractivity contribution < 1.29 is 38.2 Å². The van der Waals surface area contributed by atoms with E-state index in [2.05, 4.69) is 0 Å². The zero-order chi connectivity index (χ0) is 24.1. The average Bonchev–Trinajstić information content (AvgIpc) is 2.84. The van der Waals surface area contributed by atoms with Crippen LogP contribution in [0, 0.1) is 10.1 Å². The zero-order valence-corrected chi connectivity index (χ0v) is 18.7. The fourth-order valence-corrected chi connectivity index (χ4v) is 3.58. The van der Waals surface area contributed by atoms with Crippen LogP contribution in [0.3, 0.4) is 0 Å². The Morgan fingerprint density at radius 3 is 2.03 bits per heavy atom. The number of benzene rings is 2. The Hall–Kier alpha value is -4.02. The number of hydrogen-bond acceptors (Lipinski definition) is 9. The highest BCUT2D eigenvalue weighted by molar-refractivity contribution is 5.96. The molecule has 3 rings (SSSR count). The normalized spacial score (nSPS) is 12.4. The summed E-state index contributed by atoms with van der Waals surface area (Å²) in [5, 5.41) is 11.4. The topological polar surface area (TPSA) is 127 Å². The van der Waals surface area contributed by atoms with Crippen molar-refractivity contribution in [3.8, 4) is 23.0 Å². The van der Waals surface area contributed by atoms with E-state index in [-0.39, 0.29) is 17.1 Å². The van der Waals surface area contributed by atoms with Gasteiger partial charge in [0.1, 0.15) is 5.56 Å². The van der Waals surface area contributed by atoms with Gasteiger partial charge in [0, 0.05) is 19.2 Å². The lowest BCUT2D eigenvalue weighted by Crippen LogP contribution is -2.38. The van der Waals surface area contributed by atoms with E-state index in [9.17, 15) is 19.7 Å². The van der Waals surface area contributed by atoms with E-state index in [1.54, 1.807) is 12.0 Å². The van der Waals surface area contributed by atoms with Crippen LogP contribution < -0.4 is 18.9 Å². The Morgan fingerprint density at radius 2 is 1.45 bits per heavy atom. The molecule has 0 spiro atoms. The van der Waals surface area contributed by atoms with E-state index >= 15 is 0 Å². The van der Waals surface area contributed by atoms with Gasteiger partial charge in [0.05, 0.1) is 39.4 Å². The molecule has 2 aromatic rings. The molecule has 2 aromatic carbocycles. The summed E-state index contributed by atoms with van der Waals surface area (Å²) >= 11 is 0. The number of nitro benzene ring substituents is 1. The number of hydrogen-bond donors (Lipinski definition) is 0. The Kier molecular flexibility index (Phi) is 7.21. The molecule has 0 aromatic heterocycles. The quantitative estimate of drug-likeness (QED) is 0.331. The molecule has 0 aliphatic carbocycles. The van der Waals surface area contributed by atoms with E-state index in [1.807, 2.05) is 12.1 Å². The van der Waals surface area contributed by atoms with Crippen molar-refractivity contribution in [2.45, 2.75) is 13.0 Å². The molecule has 0 N–H and O–H groups in total. The molecule has 1 aliphatic heterocycles. The van der Waals surface area contributed by atoms with Gasteiger partial charge in [-0.2, -0.15) is 0 Å². The highest BCUT2D eigenvalue weighted by Crippen LogP contribution is 2.35. The number of carbonyl (C=O) groups excluding carboxylic acids is 2. The fraction of sp³-hybridized carbons (Fsp3) is 0.364. The first-order chi connectivity index (χ1) is 15.8. The minimum Gasteiger partial charge on any atom is -0.493 e. The van der Waals surface area contributed by atoms with E-state index in [4.69, 9.17) is 23.7 Å². The summed E-state index contributed by atoms with van der Waals surface area (Å²) in [6.45, 7) is 0.172. The second-order valence-electron chi connectivity index (χ2n) is 7.10. The van der Waals surface area contributed by atoms with Gasteiger partial charge in [-0.3, -0.25) is 14.9 Å². The summed E-state index contributed by atoms with van der Waals surface area (Å²) in [4.78, 5) is 37.4. The van der Waals surface area contributed by atoms with Crippen LogP contribution in [-0.4, -0.2) is 63.3 Å². The minimum absolute atomic E-state index is 0.0934. The van der Waals surface area contributed by atoms with E-state index in [1.165, 1.54) is 21.3 Å². The third-order valence-corrected chi connectivity index (χ3v) is 5.32.